The fraction of sp³-hybridized carbons (Fsp3) is 0.588. The molecule has 1 aromatic rings. The third-order valence-corrected chi connectivity index (χ3v) is 3.51. The lowest BCUT2D eigenvalue weighted by molar-refractivity contribution is 0.0484. The summed E-state index contributed by atoms with van der Waals surface area (Å²) in [6.45, 7) is 7.62. The number of nitriles is 1. The molecule has 2 atom stereocenters. The molecule has 0 aromatic heterocycles. The fourth-order valence-corrected chi connectivity index (χ4v) is 2.42. The van der Waals surface area contributed by atoms with Crippen molar-refractivity contribution in [1.82, 2.24) is 5.32 Å². The van der Waals surface area contributed by atoms with Crippen molar-refractivity contribution in [3.05, 3.63) is 35.9 Å². The van der Waals surface area contributed by atoms with E-state index in [9.17, 15) is 5.26 Å². The zero-order valence-electron chi connectivity index (χ0n) is 12.9. The molecule has 1 rings (SSSR count). The molecule has 0 spiro atoms. The fourth-order valence-electron chi connectivity index (χ4n) is 2.42. The number of ether oxygens (including phenoxy) is 1. The largest absolute Gasteiger partial charge is 0.378 e. The van der Waals surface area contributed by atoms with E-state index in [1.807, 2.05) is 37.3 Å². The second kappa shape index (κ2) is 8.73. The van der Waals surface area contributed by atoms with Crippen molar-refractivity contribution in [3.8, 4) is 6.07 Å². The first-order chi connectivity index (χ1) is 9.68. The number of benzene rings is 1. The minimum Gasteiger partial charge on any atom is -0.378 e. The van der Waals surface area contributed by atoms with Crippen LogP contribution in [0.1, 0.15) is 45.6 Å². The topological polar surface area (TPSA) is 45.0 Å². The van der Waals surface area contributed by atoms with Crippen molar-refractivity contribution in [3.63, 3.8) is 0 Å². The van der Waals surface area contributed by atoms with Gasteiger partial charge in [-0.25, -0.2) is 0 Å². The summed E-state index contributed by atoms with van der Waals surface area (Å²) >= 11 is 0. The minimum absolute atomic E-state index is 0.258. The van der Waals surface area contributed by atoms with Gasteiger partial charge in [0.1, 0.15) is 5.54 Å². The Balaban J connectivity index is 2.73. The van der Waals surface area contributed by atoms with E-state index in [1.165, 1.54) is 0 Å². The first-order valence-electron chi connectivity index (χ1n) is 7.52. The summed E-state index contributed by atoms with van der Waals surface area (Å²) in [6, 6.07) is 12.4. The smallest absolute Gasteiger partial charge is 0.134 e. The van der Waals surface area contributed by atoms with Crippen molar-refractivity contribution in [1.29, 1.82) is 5.26 Å². The molecule has 3 nitrogen and oxygen atoms in total. The van der Waals surface area contributed by atoms with Crippen LogP contribution >= 0.6 is 0 Å². The van der Waals surface area contributed by atoms with Gasteiger partial charge in [-0.1, -0.05) is 50.6 Å². The maximum Gasteiger partial charge on any atom is 0.134 e. The molecule has 0 aliphatic rings. The van der Waals surface area contributed by atoms with Crippen LogP contribution in [0.15, 0.2) is 30.3 Å². The van der Waals surface area contributed by atoms with Crippen LogP contribution in [0.5, 0.6) is 0 Å². The SMILES string of the molecule is CCCC(C)OCCC(C#N)(NCC)c1ccccc1. The van der Waals surface area contributed by atoms with Gasteiger partial charge in [0.05, 0.1) is 18.8 Å². The Bertz CT molecular complexity index is 413. The highest BCUT2D eigenvalue weighted by Gasteiger charge is 2.30. The van der Waals surface area contributed by atoms with Gasteiger partial charge in [0.2, 0.25) is 0 Å². The molecule has 1 aromatic carbocycles. The molecule has 0 bridgehead atoms. The second-order valence-electron chi connectivity index (χ2n) is 5.13. The van der Waals surface area contributed by atoms with E-state index >= 15 is 0 Å². The Kier molecular flexibility index (Phi) is 7.28. The van der Waals surface area contributed by atoms with E-state index < -0.39 is 5.54 Å². The van der Waals surface area contributed by atoms with E-state index in [1.54, 1.807) is 0 Å². The average Bonchev–Trinajstić information content (AvgIpc) is 2.47. The molecular formula is C17H26N2O. The van der Waals surface area contributed by atoms with Crippen molar-refractivity contribution in [2.45, 2.75) is 51.7 Å². The summed E-state index contributed by atoms with van der Waals surface area (Å²) in [6.07, 6.45) is 3.10. The van der Waals surface area contributed by atoms with Gasteiger partial charge in [0.15, 0.2) is 0 Å². The molecule has 0 saturated heterocycles. The summed E-state index contributed by atoms with van der Waals surface area (Å²) in [5.74, 6) is 0. The van der Waals surface area contributed by atoms with Gasteiger partial charge in [-0.2, -0.15) is 5.26 Å². The van der Waals surface area contributed by atoms with Crippen LogP contribution in [0.25, 0.3) is 0 Å². The monoisotopic (exact) mass is 274 g/mol. The van der Waals surface area contributed by atoms with Gasteiger partial charge >= 0.3 is 0 Å². The van der Waals surface area contributed by atoms with Crippen molar-refractivity contribution >= 4 is 0 Å². The summed E-state index contributed by atoms with van der Waals surface area (Å²) in [4.78, 5) is 0. The number of hydrogen-bond donors (Lipinski definition) is 1. The Labute approximate surface area is 123 Å². The maximum absolute atomic E-state index is 9.66. The van der Waals surface area contributed by atoms with Crippen LogP contribution in [-0.4, -0.2) is 19.3 Å². The van der Waals surface area contributed by atoms with E-state index in [0.717, 1.165) is 24.9 Å². The molecule has 3 heteroatoms. The lowest BCUT2D eigenvalue weighted by atomic mass is 9.88. The zero-order valence-corrected chi connectivity index (χ0v) is 12.9. The molecule has 0 radical (unpaired) electrons. The quantitative estimate of drug-likeness (QED) is 0.748. The minimum atomic E-state index is -0.651. The number of nitrogens with one attached hydrogen (secondary N) is 1. The van der Waals surface area contributed by atoms with Crippen molar-refractivity contribution in [2.24, 2.45) is 0 Å². The lowest BCUT2D eigenvalue weighted by Gasteiger charge is -2.28. The Morgan fingerprint density at radius 2 is 2.00 bits per heavy atom. The van der Waals surface area contributed by atoms with Crippen LogP contribution < -0.4 is 5.32 Å². The molecule has 0 heterocycles. The first kappa shape index (κ1) is 16.7. The van der Waals surface area contributed by atoms with Gasteiger partial charge in [-0.15, -0.1) is 0 Å². The molecule has 1 N–H and O–H groups in total. The molecule has 2 unspecified atom stereocenters. The predicted octanol–water partition coefficient (Wildman–Crippen LogP) is 3.61. The van der Waals surface area contributed by atoms with E-state index in [-0.39, 0.29) is 6.10 Å². The van der Waals surface area contributed by atoms with Crippen LogP contribution in [-0.2, 0) is 10.3 Å². The molecule has 20 heavy (non-hydrogen) atoms. The van der Waals surface area contributed by atoms with Gasteiger partial charge in [-0.3, -0.25) is 5.32 Å². The molecule has 110 valence electrons. The second-order valence-corrected chi connectivity index (χ2v) is 5.13. The highest BCUT2D eigenvalue weighted by molar-refractivity contribution is 5.31. The number of rotatable bonds is 9. The summed E-state index contributed by atoms with van der Waals surface area (Å²) in [7, 11) is 0. The van der Waals surface area contributed by atoms with E-state index in [2.05, 4.69) is 25.2 Å². The Morgan fingerprint density at radius 3 is 2.55 bits per heavy atom. The highest BCUT2D eigenvalue weighted by Crippen LogP contribution is 2.24. The summed E-state index contributed by atoms with van der Waals surface area (Å²) in [5, 5.41) is 13.0. The standard InChI is InChI=1S/C17H26N2O/c1-4-9-15(3)20-13-12-17(14-18,19-5-2)16-10-7-6-8-11-16/h6-8,10-11,15,19H,4-5,9,12-13H2,1-3H3. The van der Waals surface area contributed by atoms with Crippen LogP contribution in [0.4, 0.5) is 0 Å². The molecule has 0 fully saturated rings. The molecule has 0 amide bonds. The van der Waals surface area contributed by atoms with Gasteiger partial charge in [0, 0.05) is 6.42 Å². The lowest BCUT2D eigenvalue weighted by Crippen LogP contribution is -2.42. The highest BCUT2D eigenvalue weighted by atomic mass is 16.5. The maximum atomic E-state index is 9.66. The van der Waals surface area contributed by atoms with Gasteiger partial charge < -0.3 is 4.74 Å². The average molecular weight is 274 g/mol. The first-order valence-corrected chi connectivity index (χ1v) is 7.52. The Hall–Kier alpha value is -1.37. The molecule has 0 aliphatic carbocycles. The van der Waals surface area contributed by atoms with Crippen LogP contribution in [0.3, 0.4) is 0 Å². The summed E-state index contributed by atoms with van der Waals surface area (Å²) < 4.78 is 5.82. The third kappa shape index (κ3) is 4.63. The van der Waals surface area contributed by atoms with E-state index in [0.29, 0.717) is 13.0 Å². The van der Waals surface area contributed by atoms with E-state index in [4.69, 9.17) is 4.74 Å². The van der Waals surface area contributed by atoms with Gasteiger partial charge in [0.25, 0.3) is 0 Å². The van der Waals surface area contributed by atoms with Crippen molar-refractivity contribution < 1.29 is 4.74 Å². The molecule has 0 saturated carbocycles. The molecule has 0 aliphatic heterocycles. The Morgan fingerprint density at radius 1 is 1.30 bits per heavy atom. The van der Waals surface area contributed by atoms with Crippen LogP contribution in [0, 0.1) is 11.3 Å². The number of hydrogen-bond acceptors (Lipinski definition) is 3. The van der Waals surface area contributed by atoms with Crippen molar-refractivity contribution in [2.75, 3.05) is 13.2 Å². The van der Waals surface area contributed by atoms with Gasteiger partial charge in [-0.05, 0) is 25.5 Å². The predicted molar refractivity (Wildman–Crippen MR) is 82.3 cm³/mol. The summed E-state index contributed by atoms with van der Waals surface area (Å²) in [5.41, 5.74) is 0.359. The van der Waals surface area contributed by atoms with Crippen LogP contribution in [0.2, 0.25) is 0 Å². The third-order valence-electron chi connectivity index (χ3n) is 3.51. The zero-order chi connectivity index (χ0) is 14.8. The number of nitrogens with zero attached hydrogens (tertiary/aromatic N) is 1. The molecular weight excluding hydrogens is 248 g/mol. The normalized spacial score (nSPS) is 15.3.